The molecule has 4 rings (SSSR count). The van der Waals surface area contributed by atoms with Crippen LogP contribution >= 0.6 is 0 Å². The number of likely N-dealkylation sites (N-methyl/N-ethyl adjacent to an activating group) is 1. The number of hydrazine groups is 1. The molecule has 0 aromatic carbocycles. The second kappa shape index (κ2) is 8.60. The highest BCUT2D eigenvalue weighted by atomic mass is 19.1. The largest absolute Gasteiger partial charge is 0.464 e. The molecule has 1 aromatic rings. The van der Waals surface area contributed by atoms with Gasteiger partial charge in [0.1, 0.15) is 0 Å². The lowest BCUT2D eigenvalue weighted by atomic mass is 9.90. The van der Waals surface area contributed by atoms with Gasteiger partial charge >= 0.3 is 12.0 Å². The summed E-state index contributed by atoms with van der Waals surface area (Å²) in [5.74, 6) is -0.448. The van der Waals surface area contributed by atoms with Crippen molar-refractivity contribution in [2.45, 2.75) is 64.4 Å². The van der Waals surface area contributed by atoms with Gasteiger partial charge in [0.25, 0.3) is 0 Å². The van der Waals surface area contributed by atoms with Gasteiger partial charge in [-0.15, -0.1) is 0 Å². The molecular weight excluding hydrogens is 415 g/mol. The third-order valence-corrected chi connectivity index (χ3v) is 7.16. The van der Waals surface area contributed by atoms with Gasteiger partial charge in [0.05, 0.1) is 30.6 Å². The lowest BCUT2D eigenvalue weighted by Crippen LogP contribution is -2.63. The number of anilines is 1. The molecule has 3 aliphatic heterocycles. The summed E-state index contributed by atoms with van der Waals surface area (Å²) >= 11 is 0. The van der Waals surface area contributed by atoms with Crippen molar-refractivity contribution in [2.24, 2.45) is 5.92 Å². The van der Waals surface area contributed by atoms with Crippen molar-refractivity contribution in [3.8, 4) is 6.01 Å². The highest BCUT2D eigenvalue weighted by Crippen LogP contribution is 2.38. The number of nitrogens with zero attached hydrogens (tertiary/aromatic N) is 5. The van der Waals surface area contributed by atoms with Crippen molar-refractivity contribution in [3.63, 3.8) is 0 Å². The summed E-state index contributed by atoms with van der Waals surface area (Å²) in [6.07, 6.45) is 0.796. The first-order valence-corrected chi connectivity index (χ1v) is 11.3. The van der Waals surface area contributed by atoms with Gasteiger partial charge in [-0.2, -0.15) is 4.98 Å². The number of urea groups is 1. The molecule has 0 aliphatic carbocycles. The van der Waals surface area contributed by atoms with Crippen LogP contribution in [0.5, 0.6) is 6.01 Å². The molecule has 178 valence electrons. The fourth-order valence-electron chi connectivity index (χ4n) is 5.10. The van der Waals surface area contributed by atoms with Crippen LogP contribution in [0, 0.1) is 11.7 Å². The second-order valence-corrected chi connectivity index (χ2v) is 9.67. The molecule has 4 unspecified atom stereocenters. The van der Waals surface area contributed by atoms with Crippen LogP contribution in [0.25, 0.3) is 0 Å². The van der Waals surface area contributed by atoms with E-state index in [9.17, 15) is 9.18 Å². The highest BCUT2D eigenvalue weighted by Gasteiger charge is 2.56. The van der Waals surface area contributed by atoms with E-state index in [2.05, 4.69) is 65.8 Å². The van der Waals surface area contributed by atoms with E-state index in [4.69, 9.17) is 4.74 Å². The highest BCUT2D eigenvalue weighted by molar-refractivity contribution is 5.76. The SMILES string of the molecule is CCOc1ncc(F)c(NC2NNC3C2CN(C(=O)N2C[C@@H](C)N(C)CC2C)C3(C)C)n1. The summed E-state index contributed by atoms with van der Waals surface area (Å²) in [7, 11) is 2.10. The Morgan fingerprint density at radius 1 is 1.28 bits per heavy atom. The maximum atomic E-state index is 14.4. The molecule has 32 heavy (non-hydrogen) atoms. The van der Waals surface area contributed by atoms with Gasteiger partial charge in [-0.3, -0.25) is 10.3 Å². The number of ether oxygens (including phenoxy) is 1. The van der Waals surface area contributed by atoms with Crippen LogP contribution in [-0.4, -0.2) is 93.8 Å². The van der Waals surface area contributed by atoms with E-state index in [0.717, 1.165) is 12.7 Å². The van der Waals surface area contributed by atoms with Crippen LogP contribution in [0.2, 0.25) is 0 Å². The van der Waals surface area contributed by atoms with Crippen molar-refractivity contribution in [1.82, 2.24) is 35.5 Å². The van der Waals surface area contributed by atoms with Gasteiger partial charge < -0.3 is 19.9 Å². The average Bonchev–Trinajstić information content (AvgIpc) is 3.25. The number of halogens is 1. The maximum absolute atomic E-state index is 14.4. The molecule has 11 heteroatoms. The minimum absolute atomic E-state index is 0.000374. The molecule has 0 spiro atoms. The first-order valence-electron chi connectivity index (χ1n) is 11.3. The molecular formula is C21H35FN8O2. The van der Waals surface area contributed by atoms with E-state index >= 15 is 0 Å². The quantitative estimate of drug-likeness (QED) is 0.627. The summed E-state index contributed by atoms with van der Waals surface area (Å²) in [5, 5.41) is 3.14. The van der Waals surface area contributed by atoms with Crippen LogP contribution in [0.1, 0.15) is 34.6 Å². The van der Waals surface area contributed by atoms with Crippen molar-refractivity contribution in [2.75, 3.05) is 38.6 Å². The first-order chi connectivity index (χ1) is 15.1. The smallest absolute Gasteiger partial charge is 0.320 e. The van der Waals surface area contributed by atoms with Gasteiger partial charge in [-0.05, 0) is 41.7 Å². The fourth-order valence-corrected chi connectivity index (χ4v) is 5.10. The third-order valence-electron chi connectivity index (χ3n) is 7.16. The molecule has 0 bridgehead atoms. The van der Waals surface area contributed by atoms with Gasteiger partial charge in [0.2, 0.25) is 0 Å². The van der Waals surface area contributed by atoms with E-state index in [1.165, 1.54) is 0 Å². The van der Waals surface area contributed by atoms with Crippen molar-refractivity contribution < 1.29 is 13.9 Å². The zero-order chi connectivity index (χ0) is 23.2. The van der Waals surface area contributed by atoms with Crippen molar-refractivity contribution in [3.05, 3.63) is 12.0 Å². The van der Waals surface area contributed by atoms with E-state index in [-0.39, 0.29) is 42.0 Å². The number of aromatic nitrogens is 2. The van der Waals surface area contributed by atoms with E-state index < -0.39 is 11.4 Å². The predicted octanol–water partition coefficient (Wildman–Crippen LogP) is 1.08. The number of nitrogens with one attached hydrogen (secondary N) is 3. The number of rotatable bonds is 4. The minimum Gasteiger partial charge on any atom is -0.464 e. The van der Waals surface area contributed by atoms with E-state index in [1.54, 1.807) is 0 Å². The van der Waals surface area contributed by atoms with Crippen LogP contribution in [-0.2, 0) is 0 Å². The average molecular weight is 451 g/mol. The van der Waals surface area contributed by atoms with Crippen LogP contribution in [0.4, 0.5) is 15.0 Å². The number of hydrogen-bond acceptors (Lipinski definition) is 8. The number of hydrogen-bond donors (Lipinski definition) is 3. The van der Waals surface area contributed by atoms with Gasteiger partial charge in [-0.1, -0.05) is 0 Å². The second-order valence-electron chi connectivity index (χ2n) is 9.67. The van der Waals surface area contributed by atoms with Crippen molar-refractivity contribution in [1.29, 1.82) is 0 Å². The molecule has 5 atom stereocenters. The zero-order valence-electron chi connectivity index (χ0n) is 19.7. The molecule has 3 saturated heterocycles. The monoisotopic (exact) mass is 450 g/mol. The van der Waals surface area contributed by atoms with E-state index in [1.807, 2.05) is 16.7 Å². The summed E-state index contributed by atoms with van der Waals surface area (Å²) in [6.45, 7) is 12.7. The number of carbonyl (C=O) groups excluding carboxylic acids is 1. The molecule has 1 aromatic heterocycles. The number of carbonyl (C=O) groups is 1. The Kier molecular flexibility index (Phi) is 6.17. The Hall–Kier alpha value is -2.24. The normalized spacial score (nSPS) is 32.2. The van der Waals surface area contributed by atoms with Gasteiger partial charge in [-0.25, -0.2) is 19.6 Å². The zero-order valence-corrected chi connectivity index (χ0v) is 19.7. The summed E-state index contributed by atoms with van der Waals surface area (Å²) in [5.41, 5.74) is 6.12. The molecule has 10 nitrogen and oxygen atoms in total. The van der Waals surface area contributed by atoms with Crippen LogP contribution < -0.4 is 20.9 Å². The Balaban J connectivity index is 1.50. The Bertz CT molecular complexity index is 855. The molecule has 3 fully saturated rings. The predicted molar refractivity (Wildman–Crippen MR) is 119 cm³/mol. The minimum atomic E-state index is -0.552. The van der Waals surface area contributed by atoms with E-state index in [0.29, 0.717) is 25.7 Å². The first kappa shape index (κ1) is 22.9. The lowest BCUT2D eigenvalue weighted by molar-refractivity contribution is 0.0502. The summed E-state index contributed by atoms with van der Waals surface area (Å²) in [4.78, 5) is 27.8. The maximum Gasteiger partial charge on any atom is 0.320 e. The molecule has 0 radical (unpaired) electrons. The number of piperazine rings is 1. The summed E-state index contributed by atoms with van der Waals surface area (Å²) in [6, 6.07) is 0.646. The van der Waals surface area contributed by atoms with Gasteiger partial charge in [0.15, 0.2) is 11.6 Å². The number of fused-ring (bicyclic) bond motifs is 1. The molecule has 3 aliphatic rings. The molecule has 2 amide bonds. The topological polar surface area (TPSA) is 97.9 Å². The summed E-state index contributed by atoms with van der Waals surface area (Å²) < 4.78 is 19.7. The Morgan fingerprint density at radius 2 is 2.03 bits per heavy atom. The van der Waals surface area contributed by atoms with Gasteiger partial charge in [0, 0.05) is 37.6 Å². The molecule has 4 heterocycles. The Labute approximate surface area is 188 Å². The third kappa shape index (κ3) is 3.97. The molecule has 0 saturated carbocycles. The van der Waals surface area contributed by atoms with Crippen molar-refractivity contribution >= 4 is 11.8 Å². The lowest BCUT2D eigenvalue weighted by Gasteiger charge is -2.46. The van der Waals surface area contributed by atoms with Crippen LogP contribution in [0.15, 0.2) is 6.20 Å². The van der Waals surface area contributed by atoms with Crippen LogP contribution in [0.3, 0.4) is 0 Å². The number of amides is 2. The Morgan fingerprint density at radius 3 is 2.75 bits per heavy atom. The fraction of sp³-hybridized carbons (Fsp3) is 0.762. The number of likely N-dealkylation sites (tertiary alicyclic amines) is 1. The standard InChI is InChI=1S/C21H35FN8O2/c1-7-32-19-23-8-15(22)18(25-19)24-17-14-11-30(21(4,5)16(14)26-27-17)20(31)29-10-12(2)28(6)9-13(29)3/h8,12-14,16-17,26-27H,7,9-11H2,1-6H3,(H,23,24,25)/t12-,13?,14?,16?,17?/m1/s1. The molecule has 3 N–H and O–H groups in total.